The Kier molecular flexibility index (Phi) is 4.51. The second kappa shape index (κ2) is 6.82. The fraction of sp³-hybridized carbons (Fsp3) is 0.238. The van der Waals surface area contributed by atoms with Gasteiger partial charge >= 0.3 is 0 Å². The summed E-state index contributed by atoms with van der Waals surface area (Å²) in [6.45, 7) is 4.92. The number of aromatic nitrogens is 2. The van der Waals surface area contributed by atoms with Crippen LogP contribution in [0.3, 0.4) is 0 Å². The lowest BCUT2D eigenvalue weighted by Crippen LogP contribution is -2.23. The summed E-state index contributed by atoms with van der Waals surface area (Å²) in [5.74, 6) is 0. The molecule has 0 aliphatic heterocycles. The van der Waals surface area contributed by atoms with E-state index in [1.807, 2.05) is 28.8 Å². The van der Waals surface area contributed by atoms with Crippen LogP contribution in [0.2, 0.25) is 0 Å². The standard InChI is InChI=1S/C21H20N2OS2/c1-3-4-13-22-19-18(15-11-9-14(2)10-12-15)26-21(25)23(19)17-8-6-5-7-16(17)20(22)24/h5-12H,3-4,13H2,1-2H3. The van der Waals surface area contributed by atoms with Crippen LogP contribution in [0.4, 0.5) is 0 Å². The molecule has 0 saturated carbocycles. The van der Waals surface area contributed by atoms with Crippen molar-refractivity contribution >= 4 is 40.1 Å². The Morgan fingerprint density at radius 2 is 1.81 bits per heavy atom. The highest BCUT2D eigenvalue weighted by atomic mass is 32.1. The summed E-state index contributed by atoms with van der Waals surface area (Å²) in [6, 6.07) is 16.2. The number of rotatable bonds is 4. The molecule has 2 aromatic carbocycles. The molecule has 2 heterocycles. The highest BCUT2D eigenvalue weighted by molar-refractivity contribution is 7.73. The number of hydrogen-bond donors (Lipinski definition) is 0. The van der Waals surface area contributed by atoms with E-state index in [0.29, 0.717) is 6.54 Å². The molecule has 5 heteroatoms. The van der Waals surface area contributed by atoms with Crippen LogP contribution >= 0.6 is 23.6 Å². The number of nitrogens with zero attached hydrogens (tertiary/aromatic N) is 2. The maximum absolute atomic E-state index is 13.2. The van der Waals surface area contributed by atoms with Crippen LogP contribution in [0, 0.1) is 10.9 Å². The number of thiazole rings is 1. The maximum atomic E-state index is 13.2. The Balaban J connectivity index is 2.16. The van der Waals surface area contributed by atoms with Gasteiger partial charge in [0.25, 0.3) is 5.56 Å². The van der Waals surface area contributed by atoms with Crippen LogP contribution in [-0.4, -0.2) is 8.97 Å². The lowest BCUT2D eigenvalue weighted by molar-refractivity contribution is 0.627. The predicted octanol–water partition coefficient (Wildman–Crippen LogP) is 5.82. The molecular formula is C21H20N2OS2. The van der Waals surface area contributed by atoms with E-state index >= 15 is 0 Å². The first kappa shape index (κ1) is 17.2. The van der Waals surface area contributed by atoms with Crippen LogP contribution in [0.5, 0.6) is 0 Å². The molecule has 2 aromatic heterocycles. The Bertz CT molecular complexity index is 1210. The van der Waals surface area contributed by atoms with Crippen LogP contribution in [0.15, 0.2) is 53.3 Å². The normalized spacial score (nSPS) is 11.5. The van der Waals surface area contributed by atoms with Crippen molar-refractivity contribution < 1.29 is 0 Å². The van der Waals surface area contributed by atoms with Crippen molar-refractivity contribution in [2.75, 3.05) is 0 Å². The van der Waals surface area contributed by atoms with Gasteiger partial charge in [0.2, 0.25) is 0 Å². The third-order valence-electron chi connectivity index (χ3n) is 4.71. The van der Waals surface area contributed by atoms with Gasteiger partial charge in [0, 0.05) is 6.54 Å². The zero-order valence-electron chi connectivity index (χ0n) is 14.9. The van der Waals surface area contributed by atoms with E-state index in [1.54, 1.807) is 11.3 Å². The maximum Gasteiger partial charge on any atom is 0.261 e. The van der Waals surface area contributed by atoms with Gasteiger partial charge in [-0.2, -0.15) is 0 Å². The molecule has 0 fully saturated rings. The topological polar surface area (TPSA) is 26.4 Å². The average Bonchev–Trinajstić information content (AvgIpc) is 3.00. The SMILES string of the molecule is CCCCn1c(=O)c2ccccc2n2c(=S)sc(-c3ccc(C)cc3)c12. The molecule has 0 radical (unpaired) electrons. The molecule has 132 valence electrons. The number of benzene rings is 2. The summed E-state index contributed by atoms with van der Waals surface area (Å²) < 4.78 is 4.76. The molecule has 3 nitrogen and oxygen atoms in total. The Labute approximate surface area is 161 Å². The van der Waals surface area contributed by atoms with Crippen LogP contribution in [0.1, 0.15) is 25.3 Å². The third-order valence-corrected chi connectivity index (χ3v) is 6.12. The fourth-order valence-corrected chi connectivity index (χ4v) is 4.76. The van der Waals surface area contributed by atoms with E-state index in [2.05, 4.69) is 42.5 Å². The summed E-state index contributed by atoms with van der Waals surface area (Å²) in [7, 11) is 0. The van der Waals surface area contributed by atoms with Gasteiger partial charge < -0.3 is 0 Å². The Hall–Kier alpha value is -2.24. The minimum absolute atomic E-state index is 0.0650. The molecule has 0 aliphatic rings. The van der Waals surface area contributed by atoms with Gasteiger partial charge in [-0.1, -0.05) is 55.3 Å². The first-order valence-electron chi connectivity index (χ1n) is 8.86. The molecule has 0 saturated heterocycles. The van der Waals surface area contributed by atoms with Crippen molar-refractivity contribution in [1.82, 2.24) is 8.97 Å². The zero-order valence-corrected chi connectivity index (χ0v) is 16.5. The van der Waals surface area contributed by atoms with Crippen LogP contribution in [0.25, 0.3) is 27.0 Å². The molecule has 26 heavy (non-hydrogen) atoms. The van der Waals surface area contributed by atoms with Crippen molar-refractivity contribution in [3.05, 3.63) is 68.4 Å². The number of fused-ring (bicyclic) bond motifs is 3. The predicted molar refractivity (Wildman–Crippen MR) is 113 cm³/mol. The molecule has 0 unspecified atom stereocenters. The lowest BCUT2D eigenvalue weighted by atomic mass is 10.1. The van der Waals surface area contributed by atoms with Crippen molar-refractivity contribution in [3.8, 4) is 10.4 Å². The summed E-state index contributed by atoms with van der Waals surface area (Å²) in [4.78, 5) is 14.3. The first-order valence-corrected chi connectivity index (χ1v) is 10.1. The minimum atomic E-state index is 0.0650. The molecule has 0 aliphatic carbocycles. The summed E-state index contributed by atoms with van der Waals surface area (Å²) >= 11 is 7.29. The van der Waals surface area contributed by atoms with Crippen LogP contribution < -0.4 is 5.56 Å². The van der Waals surface area contributed by atoms with E-state index < -0.39 is 0 Å². The minimum Gasteiger partial charge on any atom is -0.292 e. The highest BCUT2D eigenvalue weighted by Crippen LogP contribution is 2.33. The van der Waals surface area contributed by atoms with Gasteiger partial charge in [0.05, 0.1) is 15.8 Å². The van der Waals surface area contributed by atoms with Gasteiger partial charge in [-0.15, -0.1) is 11.3 Å². The van der Waals surface area contributed by atoms with Gasteiger partial charge in [0.15, 0.2) is 3.95 Å². The zero-order chi connectivity index (χ0) is 18.3. The quantitative estimate of drug-likeness (QED) is 0.417. The van der Waals surface area contributed by atoms with Crippen LogP contribution in [-0.2, 0) is 6.54 Å². The Morgan fingerprint density at radius 3 is 2.54 bits per heavy atom. The summed E-state index contributed by atoms with van der Waals surface area (Å²) in [5, 5.41) is 0.723. The largest absolute Gasteiger partial charge is 0.292 e. The van der Waals surface area contributed by atoms with Gasteiger partial charge in [-0.25, -0.2) is 0 Å². The molecule has 0 bridgehead atoms. The van der Waals surface area contributed by atoms with Crippen molar-refractivity contribution in [3.63, 3.8) is 0 Å². The van der Waals surface area contributed by atoms with Gasteiger partial charge in [-0.3, -0.25) is 13.8 Å². The third kappa shape index (κ3) is 2.72. The van der Waals surface area contributed by atoms with Crippen molar-refractivity contribution in [1.29, 1.82) is 0 Å². The van der Waals surface area contributed by atoms with E-state index in [0.717, 1.165) is 43.8 Å². The van der Waals surface area contributed by atoms with E-state index in [1.165, 1.54) is 5.56 Å². The summed E-state index contributed by atoms with van der Waals surface area (Å²) in [6.07, 6.45) is 2.00. The smallest absolute Gasteiger partial charge is 0.261 e. The second-order valence-electron chi connectivity index (χ2n) is 6.55. The number of unbranched alkanes of at least 4 members (excludes halogenated alkanes) is 1. The van der Waals surface area contributed by atoms with Crippen molar-refractivity contribution in [2.45, 2.75) is 33.2 Å². The number of aryl methyl sites for hydroxylation is 2. The average molecular weight is 381 g/mol. The number of hydrogen-bond acceptors (Lipinski definition) is 3. The van der Waals surface area contributed by atoms with E-state index in [-0.39, 0.29) is 5.56 Å². The first-order chi connectivity index (χ1) is 12.6. The van der Waals surface area contributed by atoms with E-state index in [4.69, 9.17) is 12.2 Å². The van der Waals surface area contributed by atoms with E-state index in [9.17, 15) is 4.79 Å². The molecular weight excluding hydrogens is 360 g/mol. The molecule has 4 aromatic rings. The second-order valence-corrected chi connectivity index (χ2v) is 8.19. The van der Waals surface area contributed by atoms with Crippen molar-refractivity contribution in [2.24, 2.45) is 0 Å². The Morgan fingerprint density at radius 1 is 1.08 bits per heavy atom. The molecule has 0 N–H and O–H groups in total. The fourth-order valence-electron chi connectivity index (χ4n) is 3.33. The monoisotopic (exact) mass is 380 g/mol. The molecule has 4 rings (SSSR count). The summed E-state index contributed by atoms with van der Waals surface area (Å²) in [5.41, 5.74) is 4.19. The lowest BCUT2D eigenvalue weighted by Gasteiger charge is -2.13. The van der Waals surface area contributed by atoms with Gasteiger partial charge in [-0.05, 0) is 43.3 Å². The highest BCUT2D eigenvalue weighted by Gasteiger charge is 2.17. The molecule has 0 atom stereocenters. The number of para-hydroxylation sites is 1. The molecule has 0 spiro atoms. The van der Waals surface area contributed by atoms with Gasteiger partial charge in [0.1, 0.15) is 5.65 Å². The molecule has 0 amide bonds.